The van der Waals surface area contributed by atoms with E-state index in [1.54, 1.807) is 11.8 Å². The largest absolute Gasteiger partial charge is 0.294 e. The number of carbonyl (C=O) groups is 1. The normalized spacial score (nSPS) is 12.2. The molecule has 0 saturated carbocycles. The van der Waals surface area contributed by atoms with Gasteiger partial charge in [-0.05, 0) is 19.1 Å². The predicted octanol–water partition coefficient (Wildman–Crippen LogP) is 1.86. The van der Waals surface area contributed by atoms with E-state index in [1.807, 2.05) is 13.0 Å². The Bertz CT molecular complexity index is 341. The lowest BCUT2D eigenvalue weighted by Crippen LogP contribution is -2.31. The van der Waals surface area contributed by atoms with Crippen LogP contribution in [0, 0.1) is 6.92 Å². The summed E-state index contributed by atoms with van der Waals surface area (Å²) >= 11 is 1.69. The number of nitrogens with one attached hydrogen (secondary N) is 1. The monoisotopic (exact) mass is 224 g/mol. The molecule has 0 heterocycles. The minimum absolute atomic E-state index is 0.123. The van der Waals surface area contributed by atoms with E-state index in [2.05, 4.69) is 30.5 Å². The highest BCUT2D eigenvalue weighted by Gasteiger charge is 2.09. The molecule has 1 amide bonds. The highest BCUT2D eigenvalue weighted by molar-refractivity contribution is 8.00. The van der Waals surface area contributed by atoms with Gasteiger partial charge in [0, 0.05) is 16.6 Å². The fraction of sp³-hybridized carbons (Fsp3) is 0.364. The van der Waals surface area contributed by atoms with Crippen LogP contribution in [-0.4, -0.2) is 11.2 Å². The smallest absolute Gasteiger partial charge is 0.234 e. The van der Waals surface area contributed by atoms with Crippen LogP contribution in [0.2, 0.25) is 0 Å². The van der Waals surface area contributed by atoms with Crippen LogP contribution in [0.25, 0.3) is 0 Å². The molecule has 3 nitrogen and oxygen atoms in total. The summed E-state index contributed by atoms with van der Waals surface area (Å²) in [4.78, 5) is 12.2. The molecule has 0 saturated heterocycles. The number of nitrogens with two attached hydrogens (primary N) is 1. The van der Waals surface area contributed by atoms with Crippen LogP contribution in [0.5, 0.6) is 0 Å². The number of amides is 1. The van der Waals surface area contributed by atoms with Gasteiger partial charge in [0.15, 0.2) is 0 Å². The van der Waals surface area contributed by atoms with Crippen molar-refractivity contribution >= 4 is 17.7 Å². The van der Waals surface area contributed by atoms with E-state index in [0.29, 0.717) is 6.42 Å². The molecule has 15 heavy (non-hydrogen) atoms. The summed E-state index contributed by atoms with van der Waals surface area (Å²) < 4.78 is 0. The Morgan fingerprint density at radius 3 is 2.93 bits per heavy atom. The second kappa shape index (κ2) is 5.78. The van der Waals surface area contributed by atoms with Crippen molar-refractivity contribution in [2.45, 2.75) is 30.4 Å². The molecular weight excluding hydrogens is 208 g/mol. The Morgan fingerprint density at radius 1 is 1.60 bits per heavy atom. The van der Waals surface area contributed by atoms with Crippen LogP contribution < -0.4 is 11.3 Å². The van der Waals surface area contributed by atoms with Crippen LogP contribution in [0.1, 0.15) is 18.9 Å². The van der Waals surface area contributed by atoms with Crippen LogP contribution >= 0.6 is 11.8 Å². The van der Waals surface area contributed by atoms with Crippen LogP contribution in [0.4, 0.5) is 0 Å². The summed E-state index contributed by atoms with van der Waals surface area (Å²) in [6.45, 7) is 4.07. The van der Waals surface area contributed by atoms with Gasteiger partial charge in [-0.3, -0.25) is 10.2 Å². The first-order valence-electron chi connectivity index (χ1n) is 4.84. The second-order valence-corrected chi connectivity index (χ2v) is 5.03. The van der Waals surface area contributed by atoms with Crippen LogP contribution in [0.15, 0.2) is 29.2 Å². The van der Waals surface area contributed by atoms with Gasteiger partial charge in [-0.25, -0.2) is 5.84 Å². The standard InChI is InChI=1S/C11H16N2OS/c1-8-4-3-5-10(6-8)15-9(2)7-11(14)13-12/h3-6,9H,7,12H2,1-2H3,(H,13,14). The zero-order valence-electron chi connectivity index (χ0n) is 8.99. The van der Waals surface area contributed by atoms with Crippen molar-refractivity contribution in [3.8, 4) is 0 Å². The molecule has 0 aliphatic carbocycles. The third-order valence-electron chi connectivity index (χ3n) is 1.96. The van der Waals surface area contributed by atoms with Crippen molar-refractivity contribution in [1.29, 1.82) is 0 Å². The lowest BCUT2D eigenvalue weighted by Gasteiger charge is -2.10. The van der Waals surface area contributed by atoms with Gasteiger partial charge in [0.25, 0.3) is 0 Å². The van der Waals surface area contributed by atoms with Gasteiger partial charge < -0.3 is 0 Å². The Kier molecular flexibility index (Phi) is 4.65. The van der Waals surface area contributed by atoms with Gasteiger partial charge in [-0.2, -0.15) is 0 Å². The van der Waals surface area contributed by atoms with Gasteiger partial charge in [-0.1, -0.05) is 24.6 Å². The van der Waals surface area contributed by atoms with Crippen molar-refractivity contribution in [2.24, 2.45) is 5.84 Å². The van der Waals surface area contributed by atoms with Crippen LogP contribution in [0.3, 0.4) is 0 Å². The highest BCUT2D eigenvalue weighted by Crippen LogP contribution is 2.25. The minimum atomic E-state index is -0.123. The number of hydrogen-bond acceptors (Lipinski definition) is 3. The Labute approximate surface area is 94.4 Å². The number of aryl methyl sites for hydroxylation is 1. The first kappa shape index (κ1) is 12.1. The third-order valence-corrected chi connectivity index (χ3v) is 3.06. The molecule has 0 fully saturated rings. The maximum Gasteiger partial charge on any atom is 0.234 e. The first-order valence-corrected chi connectivity index (χ1v) is 5.72. The molecule has 0 aromatic heterocycles. The quantitative estimate of drug-likeness (QED) is 0.355. The molecule has 1 rings (SSSR count). The molecule has 0 aliphatic heterocycles. The van der Waals surface area contributed by atoms with E-state index >= 15 is 0 Å². The summed E-state index contributed by atoms with van der Waals surface area (Å²) in [6.07, 6.45) is 0.440. The van der Waals surface area contributed by atoms with Crippen molar-refractivity contribution in [1.82, 2.24) is 5.43 Å². The molecule has 1 atom stereocenters. The van der Waals surface area contributed by atoms with E-state index in [4.69, 9.17) is 5.84 Å². The first-order chi connectivity index (χ1) is 7.11. The number of carbonyl (C=O) groups excluding carboxylic acids is 1. The fourth-order valence-corrected chi connectivity index (χ4v) is 2.39. The fourth-order valence-electron chi connectivity index (χ4n) is 1.28. The van der Waals surface area contributed by atoms with Gasteiger partial charge >= 0.3 is 0 Å². The molecule has 1 unspecified atom stereocenters. The van der Waals surface area contributed by atoms with E-state index in [-0.39, 0.29) is 11.2 Å². The van der Waals surface area contributed by atoms with Crippen molar-refractivity contribution < 1.29 is 4.79 Å². The molecule has 82 valence electrons. The second-order valence-electron chi connectivity index (χ2n) is 3.52. The molecule has 1 aromatic carbocycles. The Morgan fingerprint density at radius 2 is 2.33 bits per heavy atom. The molecule has 4 heteroatoms. The Hall–Kier alpha value is -1.00. The Balaban J connectivity index is 2.51. The average Bonchev–Trinajstić information content (AvgIpc) is 2.17. The minimum Gasteiger partial charge on any atom is -0.294 e. The molecule has 0 bridgehead atoms. The molecule has 1 aromatic rings. The molecule has 3 N–H and O–H groups in total. The lowest BCUT2D eigenvalue weighted by atomic mass is 10.2. The molecule has 0 aliphatic rings. The van der Waals surface area contributed by atoms with E-state index in [0.717, 1.165) is 0 Å². The zero-order chi connectivity index (χ0) is 11.3. The number of hydrogen-bond donors (Lipinski definition) is 2. The summed E-state index contributed by atoms with van der Waals surface area (Å²) in [7, 11) is 0. The summed E-state index contributed by atoms with van der Waals surface area (Å²) in [5, 5.41) is 0.232. The van der Waals surface area contributed by atoms with Crippen molar-refractivity contribution in [3.05, 3.63) is 29.8 Å². The van der Waals surface area contributed by atoms with Gasteiger partial charge in [-0.15, -0.1) is 11.8 Å². The SMILES string of the molecule is Cc1cccc(SC(C)CC(=O)NN)c1. The third kappa shape index (κ3) is 4.36. The zero-order valence-corrected chi connectivity index (χ0v) is 9.80. The van der Waals surface area contributed by atoms with E-state index in [9.17, 15) is 4.79 Å². The summed E-state index contributed by atoms with van der Waals surface area (Å²) in [5.74, 6) is 4.91. The van der Waals surface area contributed by atoms with Gasteiger partial charge in [0.2, 0.25) is 5.91 Å². The van der Waals surface area contributed by atoms with Crippen LogP contribution in [-0.2, 0) is 4.79 Å². The van der Waals surface area contributed by atoms with Gasteiger partial charge in [0.1, 0.15) is 0 Å². The molecule has 0 radical (unpaired) electrons. The summed E-state index contributed by atoms with van der Waals surface area (Å²) in [5.41, 5.74) is 3.37. The number of rotatable bonds is 4. The maximum atomic E-state index is 11.0. The molecule has 0 spiro atoms. The lowest BCUT2D eigenvalue weighted by molar-refractivity contribution is -0.121. The van der Waals surface area contributed by atoms with Crippen molar-refractivity contribution in [2.75, 3.05) is 0 Å². The highest BCUT2D eigenvalue weighted by atomic mass is 32.2. The maximum absolute atomic E-state index is 11.0. The topological polar surface area (TPSA) is 55.1 Å². The average molecular weight is 224 g/mol. The number of thioether (sulfide) groups is 1. The summed E-state index contributed by atoms with van der Waals surface area (Å²) in [6, 6.07) is 8.24. The molecular formula is C11H16N2OS. The van der Waals surface area contributed by atoms with Crippen molar-refractivity contribution in [3.63, 3.8) is 0 Å². The van der Waals surface area contributed by atoms with Gasteiger partial charge in [0.05, 0.1) is 0 Å². The van der Waals surface area contributed by atoms with E-state index < -0.39 is 0 Å². The number of benzene rings is 1. The number of hydrazine groups is 1. The van der Waals surface area contributed by atoms with E-state index in [1.165, 1.54) is 10.5 Å². The predicted molar refractivity (Wildman–Crippen MR) is 63.4 cm³/mol.